The fraction of sp³-hybridized carbons (Fsp3) is 0.400. The normalized spacial score (nSPS) is 12.4. The van der Waals surface area contributed by atoms with Gasteiger partial charge in [-0.1, -0.05) is 13.8 Å². The maximum Gasteiger partial charge on any atom is 0.335 e. The first-order chi connectivity index (χ1) is 9.86. The Kier molecular flexibility index (Phi) is 4.57. The number of nitrogens with one attached hydrogen (secondary N) is 1. The van der Waals surface area contributed by atoms with E-state index in [2.05, 4.69) is 15.3 Å². The Labute approximate surface area is 128 Å². The highest BCUT2D eigenvalue weighted by molar-refractivity contribution is 7.11. The van der Waals surface area contributed by atoms with Crippen molar-refractivity contribution in [3.8, 4) is 0 Å². The first-order valence-electron chi connectivity index (χ1n) is 6.81. The molecule has 2 aromatic heterocycles. The Morgan fingerprint density at radius 3 is 2.57 bits per heavy atom. The van der Waals surface area contributed by atoms with Crippen LogP contribution < -0.4 is 5.32 Å². The van der Waals surface area contributed by atoms with E-state index < -0.39 is 5.97 Å². The number of carbonyl (C=O) groups is 1. The molecule has 2 N–H and O–H groups in total. The molecule has 5 nitrogen and oxygen atoms in total. The second-order valence-corrected chi connectivity index (χ2v) is 6.57. The SMILES string of the molecule is Cc1cnc(C(C)Nc2cc(C(=O)O)cc(C(C)C)n2)s1. The summed E-state index contributed by atoms with van der Waals surface area (Å²) < 4.78 is 0. The molecule has 0 saturated heterocycles. The Balaban J connectivity index is 2.28. The van der Waals surface area contributed by atoms with Crippen molar-refractivity contribution in [3.63, 3.8) is 0 Å². The van der Waals surface area contributed by atoms with Gasteiger partial charge >= 0.3 is 5.97 Å². The average molecular weight is 305 g/mol. The van der Waals surface area contributed by atoms with E-state index in [9.17, 15) is 9.90 Å². The summed E-state index contributed by atoms with van der Waals surface area (Å²) in [6.45, 7) is 7.98. The molecular formula is C15H19N3O2S. The summed E-state index contributed by atoms with van der Waals surface area (Å²) in [5.41, 5.74) is 1.01. The molecule has 0 amide bonds. The molecule has 2 aromatic rings. The maximum absolute atomic E-state index is 11.2. The summed E-state index contributed by atoms with van der Waals surface area (Å²) >= 11 is 1.62. The molecule has 1 unspecified atom stereocenters. The summed E-state index contributed by atoms with van der Waals surface area (Å²) in [6, 6.07) is 3.17. The standard InChI is InChI=1S/C15H19N3O2S/c1-8(2)12-5-11(15(19)20)6-13(18-12)17-10(4)14-16-7-9(3)21-14/h5-8,10H,1-4H3,(H,17,18)(H,19,20). The molecule has 1 atom stereocenters. The van der Waals surface area contributed by atoms with Gasteiger partial charge in [0.1, 0.15) is 10.8 Å². The van der Waals surface area contributed by atoms with Crippen LogP contribution in [-0.2, 0) is 0 Å². The fourth-order valence-electron chi connectivity index (χ4n) is 1.90. The number of hydrogen-bond donors (Lipinski definition) is 2. The first kappa shape index (κ1) is 15.4. The largest absolute Gasteiger partial charge is 0.478 e. The zero-order valence-electron chi connectivity index (χ0n) is 12.5. The quantitative estimate of drug-likeness (QED) is 0.877. The molecule has 0 radical (unpaired) electrons. The molecule has 2 heterocycles. The highest BCUT2D eigenvalue weighted by atomic mass is 32.1. The zero-order valence-corrected chi connectivity index (χ0v) is 13.4. The summed E-state index contributed by atoms with van der Waals surface area (Å²) in [7, 11) is 0. The van der Waals surface area contributed by atoms with Crippen LogP contribution in [0.25, 0.3) is 0 Å². The maximum atomic E-state index is 11.2. The van der Waals surface area contributed by atoms with E-state index in [1.807, 2.05) is 33.9 Å². The molecule has 0 fully saturated rings. The highest BCUT2D eigenvalue weighted by Gasteiger charge is 2.14. The minimum absolute atomic E-state index is 0.0137. The second-order valence-electron chi connectivity index (χ2n) is 5.30. The number of nitrogens with zero attached hydrogens (tertiary/aromatic N) is 2. The van der Waals surface area contributed by atoms with E-state index in [0.717, 1.165) is 15.6 Å². The van der Waals surface area contributed by atoms with E-state index >= 15 is 0 Å². The number of pyridine rings is 1. The van der Waals surface area contributed by atoms with Crippen LogP contribution in [0.15, 0.2) is 18.3 Å². The summed E-state index contributed by atoms with van der Waals surface area (Å²) in [5.74, 6) is -0.207. The third-order valence-electron chi connectivity index (χ3n) is 3.06. The predicted octanol–water partition coefficient (Wildman–Crippen LogP) is 3.84. The van der Waals surface area contributed by atoms with Crippen molar-refractivity contribution in [2.75, 3.05) is 5.32 Å². The van der Waals surface area contributed by atoms with Crippen LogP contribution in [0.4, 0.5) is 5.82 Å². The lowest BCUT2D eigenvalue weighted by Gasteiger charge is -2.15. The van der Waals surface area contributed by atoms with E-state index in [0.29, 0.717) is 5.82 Å². The molecule has 0 spiro atoms. The van der Waals surface area contributed by atoms with Gasteiger partial charge in [-0.2, -0.15) is 0 Å². The van der Waals surface area contributed by atoms with Gasteiger partial charge in [0, 0.05) is 16.8 Å². The van der Waals surface area contributed by atoms with E-state index in [1.54, 1.807) is 23.5 Å². The van der Waals surface area contributed by atoms with Crippen molar-refractivity contribution in [1.82, 2.24) is 9.97 Å². The third kappa shape index (κ3) is 3.78. The number of hydrogen-bond acceptors (Lipinski definition) is 5. The van der Waals surface area contributed by atoms with Crippen molar-refractivity contribution in [1.29, 1.82) is 0 Å². The van der Waals surface area contributed by atoms with Gasteiger partial charge in [-0.3, -0.25) is 0 Å². The lowest BCUT2D eigenvalue weighted by molar-refractivity contribution is 0.0696. The Morgan fingerprint density at radius 2 is 2.05 bits per heavy atom. The molecular weight excluding hydrogens is 286 g/mol. The Hall–Kier alpha value is -1.95. The number of carboxylic acids is 1. The van der Waals surface area contributed by atoms with Gasteiger partial charge in [-0.25, -0.2) is 14.8 Å². The molecule has 0 aromatic carbocycles. The molecule has 21 heavy (non-hydrogen) atoms. The lowest BCUT2D eigenvalue weighted by Crippen LogP contribution is -2.10. The third-order valence-corrected chi connectivity index (χ3v) is 4.15. The highest BCUT2D eigenvalue weighted by Crippen LogP contribution is 2.24. The second kappa shape index (κ2) is 6.22. The first-order valence-corrected chi connectivity index (χ1v) is 7.62. The molecule has 0 aliphatic rings. The van der Waals surface area contributed by atoms with Crippen molar-refractivity contribution in [2.24, 2.45) is 0 Å². The van der Waals surface area contributed by atoms with Crippen LogP contribution in [0.2, 0.25) is 0 Å². The molecule has 112 valence electrons. The number of thiazole rings is 1. The van der Waals surface area contributed by atoms with Crippen molar-refractivity contribution >= 4 is 23.1 Å². The smallest absolute Gasteiger partial charge is 0.335 e. The predicted molar refractivity (Wildman–Crippen MR) is 84.2 cm³/mol. The minimum atomic E-state index is -0.944. The van der Waals surface area contributed by atoms with Crippen LogP contribution in [0.5, 0.6) is 0 Å². The van der Waals surface area contributed by atoms with Crippen molar-refractivity contribution in [2.45, 2.75) is 39.7 Å². The van der Waals surface area contributed by atoms with Crippen molar-refractivity contribution < 1.29 is 9.90 Å². The zero-order chi connectivity index (χ0) is 15.6. The van der Waals surface area contributed by atoms with Gasteiger partial charge in [0.15, 0.2) is 0 Å². The Morgan fingerprint density at radius 1 is 1.33 bits per heavy atom. The number of rotatable bonds is 5. The number of carboxylic acid groups (broad SMARTS) is 1. The molecule has 0 saturated carbocycles. The van der Waals surface area contributed by atoms with Crippen LogP contribution in [0.1, 0.15) is 58.7 Å². The summed E-state index contributed by atoms with van der Waals surface area (Å²) in [6.07, 6.45) is 1.83. The summed E-state index contributed by atoms with van der Waals surface area (Å²) in [4.78, 5) is 21.2. The topological polar surface area (TPSA) is 75.1 Å². The van der Waals surface area contributed by atoms with E-state index in [-0.39, 0.29) is 17.5 Å². The van der Waals surface area contributed by atoms with Crippen molar-refractivity contribution in [3.05, 3.63) is 39.5 Å². The molecule has 2 rings (SSSR count). The monoisotopic (exact) mass is 305 g/mol. The number of aromatic nitrogens is 2. The average Bonchev–Trinajstić information content (AvgIpc) is 2.85. The molecule has 0 bridgehead atoms. The lowest BCUT2D eigenvalue weighted by atomic mass is 10.1. The molecule has 6 heteroatoms. The van der Waals surface area contributed by atoms with Gasteiger partial charge in [0.25, 0.3) is 0 Å². The number of anilines is 1. The molecule has 0 aliphatic carbocycles. The number of aryl methyl sites for hydroxylation is 1. The minimum Gasteiger partial charge on any atom is -0.478 e. The van der Waals surface area contributed by atoms with Gasteiger partial charge in [0.2, 0.25) is 0 Å². The van der Waals surface area contributed by atoms with Gasteiger partial charge in [-0.05, 0) is 31.9 Å². The van der Waals surface area contributed by atoms with Gasteiger partial charge < -0.3 is 10.4 Å². The van der Waals surface area contributed by atoms with Crippen LogP contribution in [0, 0.1) is 6.92 Å². The number of aromatic carboxylic acids is 1. The Bertz CT molecular complexity index is 652. The van der Waals surface area contributed by atoms with Gasteiger partial charge in [0.05, 0.1) is 11.6 Å². The van der Waals surface area contributed by atoms with Gasteiger partial charge in [-0.15, -0.1) is 11.3 Å². The van der Waals surface area contributed by atoms with E-state index in [1.165, 1.54) is 0 Å². The van der Waals surface area contributed by atoms with Crippen LogP contribution >= 0.6 is 11.3 Å². The fourth-order valence-corrected chi connectivity index (χ4v) is 2.68. The van der Waals surface area contributed by atoms with Crippen LogP contribution in [0.3, 0.4) is 0 Å². The summed E-state index contributed by atoms with van der Waals surface area (Å²) in [5, 5.41) is 13.4. The van der Waals surface area contributed by atoms with E-state index in [4.69, 9.17) is 0 Å². The molecule has 0 aliphatic heterocycles. The van der Waals surface area contributed by atoms with Crippen LogP contribution in [-0.4, -0.2) is 21.0 Å².